The maximum atomic E-state index is 12.4. The van der Waals surface area contributed by atoms with Crippen molar-refractivity contribution in [1.29, 1.82) is 0 Å². The number of hydrogen-bond acceptors (Lipinski definition) is 6. The van der Waals surface area contributed by atoms with Crippen LogP contribution in [0.3, 0.4) is 0 Å². The van der Waals surface area contributed by atoms with E-state index in [4.69, 9.17) is 10.3 Å². The first-order chi connectivity index (χ1) is 11.5. The van der Waals surface area contributed by atoms with Gasteiger partial charge in [-0.2, -0.15) is 4.98 Å². The van der Waals surface area contributed by atoms with Crippen LogP contribution in [0.25, 0.3) is 11.5 Å². The molecule has 0 radical (unpaired) electrons. The van der Waals surface area contributed by atoms with E-state index in [1.54, 1.807) is 6.20 Å². The second-order valence-electron chi connectivity index (χ2n) is 6.93. The van der Waals surface area contributed by atoms with Gasteiger partial charge in [0.05, 0.1) is 0 Å². The normalized spacial score (nSPS) is 18.6. The number of aryl methyl sites for hydroxylation is 1. The SMILES string of the molecule is CC1(C)CN(C(=O)CCc2nc(-c3ccccn3)no2)CCC1N.Cl.Cl. The molecule has 144 valence electrons. The van der Waals surface area contributed by atoms with Crippen LogP contribution in [0.4, 0.5) is 0 Å². The molecule has 7 nitrogen and oxygen atoms in total. The molecule has 0 saturated carbocycles. The number of piperidine rings is 1. The fraction of sp³-hybridized carbons (Fsp3) is 0.529. The van der Waals surface area contributed by atoms with E-state index in [1.807, 2.05) is 23.1 Å². The third kappa shape index (κ3) is 5.16. The predicted octanol–water partition coefficient (Wildman–Crippen LogP) is 2.49. The first-order valence-electron chi connectivity index (χ1n) is 8.23. The summed E-state index contributed by atoms with van der Waals surface area (Å²) in [7, 11) is 0. The van der Waals surface area contributed by atoms with Crippen molar-refractivity contribution in [3.05, 3.63) is 30.3 Å². The molecule has 0 spiro atoms. The summed E-state index contributed by atoms with van der Waals surface area (Å²) in [6.45, 7) is 5.62. The molecule has 3 heterocycles. The van der Waals surface area contributed by atoms with Crippen LogP contribution < -0.4 is 5.73 Å². The average molecular weight is 402 g/mol. The second kappa shape index (κ2) is 9.30. The van der Waals surface area contributed by atoms with E-state index in [9.17, 15) is 4.79 Å². The molecule has 2 N–H and O–H groups in total. The van der Waals surface area contributed by atoms with E-state index in [2.05, 4.69) is 29.0 Å². The van der Waals surface area contributed by atoms with Crippen LogP contribution in [0.2, 0.25) is 0 Å². The summed E-state index contributed by atoms with van der Waals surface area (Å²) in [5, 5.41) is 3.92. The van der Waals surface area contributed by atoms with Gasteiger partial charge in [0.15, 0.2) is 0 Å². The van der Waals surface area contributed by atoms with Crippen LogP contribution in [0.1, 0.15) is 32.6 Å². The van der Waals surface area contributed by atoms with Crippen LogP contribution in [-0.4, -0.2) is 45.1 Å². The van der Waals surface area contributed by atoms with Crippen LogP contribution in [-0.2, 0) is 11.2 Å². The highest BCUT2D eigenvalue weighted by molar-refractivity contribution is 5.85. The zero-order valence-electron chi connectivity index (χ0n) is 14.9. The summed E-state index contributed by atoms with van der Waals surface area (Å²) in [6.07, 6.45) is 3.30. The van der Waals surface area contributed by atoms with Crippen LogP contribution in [0, 0.1) is 5.41 Å². The molecule has 1 saturated heterocycles. The molecule has 1 amide bonds. The van der Waals surface area contributed by atoms with Crippen LogP contribution in [0.15, 0.2) is 28.9 Å². The molecule has 0 bridgehead atoms. The van der Waals surface area contributed by atoms with E-state index >= 15 is 0 Å². The monoisotopic (exact) mass is 401 g/mol. The molecule has 1 unspecified atom stereocenters. The largest absolute Gasteiger partial charge is 0.342 e. The zero-order chi connectivity index (χ0) is 17.2. The third-order valence-corrected chi connectivity index (χ3v) is 4.58. The average Bonchev–Trinajstić information content (AvgIpc) is 3.05. The number of carbonyl (C=O) groups is 1. The van der Waals surface area contributed by atoms with E-state index in [-0.39, 0.29) is 42.2 Å². The van der Waals surface area contributed by atoms with Gasteiger partial charge in [0.1, 0.15) is 5.69 Å². The number of rotatable bonds is 4. The van der Waals surface area contributed by atoms with Gasteiger partial charge in [0, 0.05) is 38.2 Å². The number of aromatic nitrogens is 3. The Kier molecular flexibility index (Phi) is 7.99. The van der Waals surface area contributed by atoms with Gasteiger partial charge in [0.25, 0.3) is 0 Å². The maximum Gasteiger partial charge on any atom is 0.227 e. The Morgan fingerprint density at radius 2 is 2.15 bits per heavy atom. The summed E-state index contributed by atoms with van der Waals surface area (Å²) < 4.78 is 5.22. The molecule has 2 aromatic rings. The minimum absolute atomic E-state index is 0. The third-order valence-electron chi connectivity index (χ3n) is 4.58. The fourth-order valence-corrected chi connectivity index (χ4v) is 2.91. The van der Waals surface area contributed by atoms with Crippen molar-refractivity contribution in [2.45, 2.75) is 39.2 Å². The topological polar surface area (TPSA) is 98.1 Å². The Morgan fingerprint density at radius 1 is 1.38 bits per heavy atom. The van der Waals surface area contributed by atoms with E-state index in [0.717, 1.165) is 6.42 Å². The van der Waals surface area contributed by atoms with E-state index in [1.165, 1.54) is 0 Å². The van der Waals surface area contributed by atoms with Crippen molar-refractivity contribution >= 4 is 30.7 Å². The van der Waals surface area contributed by atoms with Gasteiger partial charge in [-0.05, 0) is 24.0 Å². The lowest BCUT2D eigenvalue weighted by atomic mass is 9.79. The quantitative estimate of drug-likeness (QED) is 0.844. The van der Waals surface area contributed by atoms with Crippen LogP contribution >= 0.6 is 24.8 Å². The highest BCUT2D eigenvalue weighted by Gasteiger charge is 2.35. The lowest BCUT2D eigenvalue weighted by Gasteiger charge is -2.42. The summed E-state index contributed by atoms with van der Waals surface area (Å²) in [4.78, 5) is 22.8. The molecule has 1 atom stereocenters. The van der Waals surface area contributed by atoms with Gasteiger partial charge < -0.3 is 15.2 Å². The van der Waals surface area contributed by atoms with E-state index < -0.39 is 0 Å². The summed E-state index contributed by atoms with van der Waals surface area (Å²) >= 11 is 0. The maximum absolute atomic E-state index is 12.4. The molecule has 0 aromatic carbocycles. The highest BCUT2D eigenvalue weighted by Crippen LogP contribution is 2.28. The zero-order valence-corrected chi connectivity index (χ0v) is 16.6. The number of likely N-dealkylation sites (tertiary alicyclic amines) is 1. The molecule has 1 fully saturated rings. The molecule has 1 aliphatic rings. The predicted molar refractivity (Wildman–Crippen MR) is 103 cm³/mol. The van der Waals surface area contributed by atoms with Crippen molar-refractivity contribution in [3.63, 3.8) is 0 Å². The molecular formula is C17H25Cl2N5O2. The first kappa shape index (κ1) is 22.3. The molecule has 9 heteroatoms. The van der Waals surface area contributed by atoms with Gasteiger partial charge in [0.2, 0.25) is 17.6 Å². The van der Waals surface area contributed by atoms with Crippen molar-refractivity contribution in [3.8, 4) is 11.5 Å². The van der Waals surface area contributed by atoms with Gasteiger partial charge in [-0.25, -0.2) is 0 Å². The van der Waals surface area contributed by atoms with Crippen molar-refractivity contribution in [1.82, 2.24) is 20.0 Å². The van der Waals surface area contributed by atoms with Crippen molar-refractivity contribution in [2.24, 2.45) is 11.1 Å². The Balaban J connectivity index is 0.00000169. The van der Waals surface area contributed by atoms with Crippen LogP contribution in [0.5, 0.6) is 0 Å². The molecule has 1 aliphatic heterocycles. The highest BCUT2D eigenvalue weighted by atomic mass is 35.5. The summed E-state index contributed by atoms with van der Waals surface area (Å²) in [6, 6.07) is 5.65. The molecular weight excluding hydrogens is 377 g/mol. The number of nitrogens with two attached hydrogens (primary N) is 1. The Labute approximate surface area is 165 Å². The molecule has 3 rings (SSSR count). The smallest absolute Gasteiger partial charge is 0.227 e. The van der Waals surface area contributed by atoms with Gasteiger partial charge in [-0.1, -0.05) is 25.1 Å². The van der Waals surface area contributed by atoms with Crippen molar-refractivity contribution < 1.29 is 9.32 Å². The first-order valence-corrected chi connectivity index (χ1v) is 8.23. The molecule has 0 aliphatic carbocycles. The Hall–Kier alpha value is -1.70. The Morgan fingerprint density at radius 3 is 2.81 bits per heavy atom. The van der Waals surface area contributed by atoms with Crippen molar-refractivity contribution in [2.75, 3.05) is 13.1 Å². The summed E-state index contributed by atoms with van der Waals surface area (Å²) in [5.74, 6) is 1.01. The minimum atomic E-state index is -0.0510. The number of hydrogen-bond donors (Lipinski definition) is 1. The Bertz CT molecular complexity index is 708. The minimum Gasteiger partial charge on any atom is -0.342 e. The standard InChI is InChI=1S/C17H23N5O2.2ClH/c1-17(2)11-22(10-8-13(17)18)15(23)7-6-14-20-16(21-24-14)12-5-3-4-9-19-12;;/h3-5,9,13H,6-8,10-11,18H2,1-2H3;2*1H. The molecule has 26 heavy (non-hydrogen) atoms. The fourth-order valence-electron chi connectivity index (χ4n) is 2.91. The lowest BCUT2D eigenvalue weighted by Crippen LogP contribution is -2.54. The number of pyridine rings is 1. The molecule has 2 aromatic heterocycles. The van der Waals surface area contributed by atoms with Gasteiger partial charge >= 0.3 is 0 Å². The number of nitrogens with zero attached hydrogens (tertiary/aromatic N) is 4. The number of amides is 1. The van der Waals surface area contributed by atoms with Gasteiger partial charge in [-0.15, -0.1) is 24.8 Å². The lowest BCUT2D eigenvalue weighted by molar-refractivity contribution is -0.134. The van der Waals surface area contributed by atoms with E-state index in [0.29, 0.717) is 43.3 Å². The number of carbonyl (C=O) groups excluding carboxylic acids is 1. The second-order valence-corrected chi connectivity index (χ2v) is 6.93. The van der Waals surface area contributed by atoms with Gasteiger partial charge in [-0.3, -0.25) is 9.78 Å². The summed E-state index contributed by atoms with van der Waals surface area (Å²) in [5.41, 5.74) is 6.73. The number of halogens is 2.